The first-order chi connectivity index (χ1) is 9.15. The third-order valence-electron chi connectivity index (χ3n) is 3.35. The SMILES string of the molecule is O=C(O)C1CCc2nc(-c3ccccc3O)nn2C1. The summed E-state index contributed by atoms with van der Waals surface area (Å²) >= 11 is 0. The van der Waals surface area contributed by atoms with E-state index >= 15 is 0 Å². The highest BCUT2D eigenvalue weighted by molar-refractivity contribution is 5.70. The summed E-state index contributed by atoms with van der Waals surface area (Å²) in [6.07, 6.45) is 1.17. The molecule has 1 aromatic heterocycles. The zero-order valence-corrected chi connectivity index (χ0v) is 10.2. The van der Waals surface area contributed by atoms with Gasteiger partial charge < -0.3 is 10.2 Å². The van der Waals surface area contributed by atoms with E-state index in [0.717, 1.165) is 5.82 Å². The predicted octanol–water partition coefficient (Wildman–Crippen LogP) is 1.30. The number of nitrogens with zero attached hydrogens (tertiary/aromatic N) is 3. The van der Waals surface area contributed by atoms with Gasteiger partial charge in [0, 0.05) is 6.42 Å². The average Bonchev–Trinajstić information content (AvgIpc) is 2.81. The minimum Gasteiger partial charge on any atom is -0.507 e. The van der Waals surface area contributed by atoms with Crippen LogP contribution >= 0.6 is 0 Å². The van der Waals surface area contributed by atoms with Gasteiger partial charge in [0.2, 0.25) is 0 Å². The standard InChI is InChI=1S/C13H13N3O3/c17-10-4-2-1-3-9(10)12-14-11-6-5-8(13(18)19)7-16(11)15-12/h1-4,8,17H,5-7H2,(H,18,19). The Labute approximate surface area is 109 Å². The summed E-state index contributed by atoms with van der Waals surface area (Å²) in [5.41, 5.74) is 0.566. The smallest absolute Gasteiger partial charge is 0.308 e. The van der Waals surface area contributed by atoms with Crippen LogP contribution in [0.15, 0.2) is 24.3 Å². The van der Waals surface area contributed by atoms with Gasteiger partial charge in [0.05, 0.1) is 18.0 Å². The molecule has 0 saturated heterocycles. The Bertz CT molecular complexity index is 636. The third kappa shape index (κ3) is 2.05. The molecule has 1 atom stereocenters. The molecule has 3 rings (SSSR count). The fourth-order valence-corrected chi connectivity index (χ4v) is 2.29. The van der Waals surface area contributed by atoms with Crippen molar-refractivity contribution in [2.24, 2.45) is 5.92 Å². The van der Waals surface area contributed by atoms with Crippen molar-refractivity contribution in [1.82, 2.24) is 14.8 Å². The zero-order valence-electron chi connectivity index (χ0n) is 10.2. The van der Waals surface area contributed by atoms with Crippen molar-refractivity contribution in [1.29, 1.82) is 0 Å². The molecule has 0 amide bonds. The van der Waals surface area contributed by atoms with Crippen molar-refractivity contribution in [2.75, 3.05) is 0 Å². The third-order valence-corrected chi connectivity index (χ3v) is 3.35. The Kier molecular flexibility index (Phi) is 2.70. The Morgan fingerprint density at radius 1 is 1.37 bits per heavy atom. The number of fused-ring (bicyclic) bond motifs is 1. The molecule has 1 aliphatic heterocycles. The van der Waals surface area contributed by atoms with Crippen LogP contribution in [0.4, 0.5) is 0 Å². The number of aliphatic carboxylic acids is 1. The number of carboxylic acids is 1. The highest BCUT2D eigenvalue weighted by Crippen LogP contribution is 2.28. The molecule has 19 heavy (non-hydrogen) atoms. The molecular weight excluding hydrogens is 246 g/mol. The van der Waals surface area contributed by atoms with Crippen molar-refractivity contribution in [3.8, 4) is 17.1 Å². The number of hydrogen-bond donors (Lipinski definition) is 2. The molecule has 0 radical (unpaired) electrons. The summed E-state index contributed by atoms with van der Waals surface area (Å²) in [6, 6.07) is 6.85. The number of carbonyl (C=O) groups is 1. The topological polar surface area (TPSA) is 88.2 Å². The van der Waals surface area contributed by atoms with Crippen LogP contribution in [0, 0.1) is 5.92 Å². The highest BCUT2D eigenvalue weighted by Gasteiger charge is 2.27. The monoisotopic (exact) mass is 259 g/mol. The molecule has 1 unspecified atom stereocenters. The molecule has 6 nitrogen and oxygen atoms in total. The summed E-state index contributed by atoms with van der Waals surface area (Å²) in [5, 5.41) is 23.1. The number of aromatic hydroxyl groups is 1. The summed E-state index contributed by atoms with van der Waals surface area (Å²) in [4.78, 5) is 15.4. The molecule has 2 N–H and O–H groups in total. The molecule has 2 heterocycles. The van der Waals surface area contributed by atoms with Crippen molar-refractivity contribution < 1.29 is 15.0 Å². The molecule has 1 aliphatic rings. The van der Waals surface area contributed by atoms with Crippen molar-refractivity contribution in [3.63, 3.8) is 0 Å². The Hall–Kier alpha value is -2.37. The molecule has 0 saturated carbocycles. The van der Waals surface area contributed by atoms with Crippen LogP contribution in [0.5, 0.6) is 5.75 Å². The Balaban J connectivity index is 1.96. The van der Waals surface area contributed by atoms with Gasteiger partial charge in [-0.25, -0.2) is 9.67 Å². The maximum Gasteiger partial charge on any atom is 0.308 e. The fourth-order valence-electron chi connectivity index (χ4n) is 2.29. The van der Waals surface area contributed by atoms with E-state index in [0.29, 0.717) is 30.8 Å². The molecule has 98 valence electrons. The van der Waals surface area contributed by atoms with Crippen LogP contribution in [0.2, 0.25) is 0 Å². The normalized spacial score (nSPS) is 18.0. The number of aromatic nitrogens is 3. The lowest BCUT2D eigenvalue weighted by Crippen LogP contribution is -2.27. The number of para-hydroxylation sites is 1. The number of phenolic OH excluding ortho intramolecular Hbond substituents is 1. The van der Waals surface area contributed by atoms with E-state index in [2.05, 4.69) is 10.1 Å². The Morgan fingerprint density at radius 3 is 2.89 bits per heavy atom. The van der Waals surface area contributed by atoms with E-state index in [-0.39, 0.29) is 5.75 Å². The lowest BCUT2D eigenvalue weighted by molar-refractivity contribution is -0.142. The molecule has 0 aliphatic carbocycles. The van der Waals surface area contributed by atoms with Gasteiger partial charge in [-0.15, -0.1) is 0 Å². The van der Waals surface area contributed by atoms with E-state index in [1.807, 2.05) is 0 Å². The van der Waals surface area contributed by atoms with Gasteiger partial charge in [0.25, 0.3) is 0 Å². The van der Waals surface area contributed by atoms with E-state index in [1.165, 1.54) is 0 Å². The molecule has 0 bridgehead atoms. The first-order valence-corrected chi connectivity index (χ1v) is 6.10. The maximum absolute atomic E-state index is 11.0. The van der Waals surface area contributed by atoms with Gasteiger partial charge >= 0.3 is 5.97 Å². The van der Waals surface area contributed by atoms with Crippen LogP contribution in [0.1, 0.15) is 12.2 Å². The number of rotatable bonds is 2. The van der Waals surface area contributed by atoms with Gasteiger partial charge in [-0.1, -0.05) is 12.1 Å². The van der Waals surface area contributed by atoms with Crippen LogP contribution in [-0.4, -0.2) is 30.9 Å². The summed E-state index contributed by atoms with van der Waals surface area (Å²) < 4.78 is 1.63. The largest absolute Gasteiger partial charge is 0.507 e. The van der Waals surface area contributed by atoms with Crippen LogP contribution in [0.25, 0.3) is 11.4 Å². The predicted molar refractivity (Wildman–Crippen MR) is 66.6 cm³/mol. The van der Waals surface area contributed by atoms with Gasteiger partial charge in [0.15, 0.2) is 5.82 Å². The number of aryl methyl sites for hydroxylation is 1. The van der Waals surface area contributed by atoms with Crippen molar-refractivity contribution in [3.05, 3.63) is 30.1 Å². The van der Waals surface area contributed by atoms with E-state index in [1.54, 1.807) is 28.9 Å². The molecule has 1 aromatic carbocycles. The molecule has 2 aromatic rings. The lowest BCUT2D eigenvalue weighted by Gasteiger charge is -2.18. The van der Waals surface area contributed by atoms with Gasteiger partial charge in [-0.05, 0) is 18.6 Å². The quantitative estimate of drug-likeness (QED) is 0.848. The second-order valence-corrected chi connectivity index (χ2v) is 4.62. The number of phenols is 1. The molecule has 0 fully saturated rings. The van der Waals surface area contributed by atoms with Crippen LogP contribution in [-0.2, 0) is 17.8 Å². The molecule has 0 spiro atoms. The first kappa shape index (κ1) is 11.7. The average molecular weight is 259 g/mol. The van der Waals surface area contributed by atoms with Crippen LogP contribution < -0.4 is 0 Å². The molecular formula is C13H13N3O3. The van der Waals surface area contributed by atoms with E-state index < -0.39 is 11.9 Å². The zero-order chi connectivity index (χ0) is 13.4. The number of carboxylic acid groups (broad SMARTS) is 1. The maximum atomic E-state index is 11.0. The lowest BCUT2D eigenvalue weighted by atomic mass is 10.0. The summed E-state index contributed by atoms with van der Waals surface area (Å²) in [5.74, 6) is 0.131. The second kappa shape index (κ2) is 4.38. The molecule has 6 heteroatoms. The number of benzene rings is 1. The van der Waals surface area contributed by atoms with E-state index in [4.69, 9.17) is 5.11 Å². The number of hydrogen-bond acceptors (Lipinski definition) is 4. The van der Waals surface area contributed by atoms with Crippen molar-refractivity contribution in [2.45, 2.75) is 19.4 Å². The van der Waals surface area contributed by atoms with Crippen molar-refractivity contribution >= 4 is 5.97 Å². The first-order valence-electron chi connectivity index (χ1n) is 6.10. The minimum absolute atomic E-state index is 0.125. The Morgan fingerprint density at radius 2 is 2.16 bits per heavy atom. The van der Waals surface area contributed by atoms with Gasteiger partial charge in [-0.2, -0.15) is 5.10 Å². The van der Waals surface area contributed by atoms with Gasteiger partial charge in [-0.3, -0.25) is 4.79 Å². The summed E-state index contributed by atoms with van der Waals surface area (Å²) in [7, 11) is 0. The summed E-state index contributed by atoms with van der Waals surface area (Å²) in [6.45, 7) is 0.339. The fraction of sp³-hybridized carbons (Fsp3) is 0.308. The highest BCUT2D eigenvalue weighted by atomic mass is 16.4. The van der Waals surface area contributed by atoms with Crippen LogP contribution in [0.3, 0.4) is 0 Å². The van der Waals surface area contributed by atoms with Gasteiger partial charge in [0.1, 0.15) is 11.6 Å². The minimum atomic E-state index is -0.801. The second-order valence-electron chi connectivity index (χ2n) is 4.62. The van der Waals surface area contributed by atoms with E-state index in [9.17, 15) is 9.90 Å².